The average molecular weight is 342 g/mol. The van der Waals surface area contributed by atoms with Gasteiger partial charge in [-0.25, -0.2) is 9.78 Å². The number of ether oxygens (including phenoxy) is 1. The number of nitrogens with zero attached hydrogens (tertiary/aromatic N) is 1. The molecular formula is C19H22N2O4. The van der Waals surface area contributed by atoms with Crippen LogP contribution in [0.15, 0.2) is 42.6 Å². The van der Waals surface area contributed by atoms with Crippen LogP contribution in [0.2, 0.25) is 0 Å². The molecule has 0 bridgehead atoms. The number of hydrogen-bond donors (Lipinski definition) is 2. The number of carboxylic acids is 1. The molecule has 0 fully saturated rings. The second-order valence-electron chi connectivity index (χ2n) is 6.09. The van der Waals surface area contributed by atoms with E-state index in [0.717, 1.165) is 11.3 Å². The van der Waals surface area contributed by atoms with Gasteiger partial charge in [0.15, 0.2) is 0 Å². The number of benzene rings is 1. The zero-order valence-electron chi connectivity index (χ0n) is 14.4. The van der Waals surface area contributed by atoms with Gasteiger partial charge in [0.25, 0.3) is 5.91 Å². The Morgan fingerprint density at radius 3 is 2.56 bits per heavy atom. The van der Waals surface area contributed by atoms with Gasteiger partial charge in [0.2, 0.25) is 0 Å². The van der Waals surface area contributed by atoms with E-state index in [-0.39, 0.29) is 17.2 Å². The molecule has 1 aromatic carbocycles. The van der Waals surface area contributed by atoms with E-state index in [9.17, 15) is 9.59 Å². The molecular weight excluding hydrogens is 320 g/mol. The number of carbonyl (C=O) groups is 2. The van der Waals surface area contributed by atoms with E-state index in [1.807, 2.05) is 24.3 Å². The lowest BCUT2D eigenvalue weighted by Crippen LogP contribution is -2.26. The molecule has 0 saturated carbocycles. The van der Waals surface area contributed by atoms with Gasteiger partial charge in [-0.2, -0.15) is 0 Å². The minimum atomic E-state index is -1.16. The predicted molar refractivity (Wildman–Crippen MR) is 94.0 cm³/mol. The number of amides is 1. The first kappa shape index (κ1) is 18.4. The number of aromatic carboxylic acids is 1. The summed E-state index contributed by atoms with van der Waals surface area (Å²) in [6.45, 7) is 5.33. The number of pyridine rings is 1. The van der Waals surface area contributed by atoms with Crippen LogP contribution in [0.1, 0.15) is 40.3 Å². The maximum absolute atomic E-state index is 12.1. The summed E-state index contributed by atoms with van der Waals surface area (Å²) < 4.78 is 5.63. The van der Waals surface area contributed by atoms with E-state index >= 15 is 0 Å². The van der Waals surface area contributed by atoms with Crippen molar-refractivity contribution in [2.75, 3.05) is 13.2 Å². The third kappa shape index (κ3) is 5.91. The Kier molecular flexibility index (Phi) is 6.51. The second kappa shape index (κ2) is 8.82. The number of nitrogens with one attached hydrogen (secondary N) is 1. The predicted octanol–water partition coefficient (Wildman–Crippen LogP) is 2.79. The Labute approximate surface area is 146 Å². The topological polar surface area (TPSA) is 88.5 Å². The number of carbonyl (C=O) groups excluding carboxylic acids is 1. The largest absolute Gasteiger partial charge is 0.493 e. The minimum Gasteiger partial charge on any atom is -0.493 e. The average Bonchev–Trinajstić information content (AvgIpc) is 2.61. The summed E-state index contributed by atoms with van der Waals surface area (Å²) >= 11 is 0. The highest BCUT2D eigenvalue weighted by molar-refractivity contribution is 5.96. The maximum Gasteiger partial charge on any atom is 0.354 e. The Bertz CT molecular complexity index is 726. The van der Waals surface area contributed by atoms with Crippen molar-refractivity contribution in [1.82, 2.24) is 10.3 Å². The number of aromatic nitrogens is 1. The van der Waals surface area contributed by atoms with Gasteiger partial charge in [-0.1, -0.05) is 26.0 Å². The molecule has 2 aromatic rings. The number of hydrogen-bond acceptors (Lipinski definition) is 4. The van der Waals surface area contributed by atoms with E-state index in [1.165, 1.54) is 18.3 Å². The molecule has 2 rings (SSSR count). The van der Waals surface area contributed by atoms with Gasteiger partial charge >= 0.3 is 5.97 Å². The van der Waals surface area contributed by atoms with Crippen LogP contribution < -0.4 is 10.1 Å². The van der Waals surface area contributed by atoms with Crippen molar-refractivity contribution in [2.24, 2.45) is 5.92 Å². The van der Waals surface area contributed by atoms with Gasteiger partial charge in [-0.3, -0.25) is 4.79 Å². The summed E-state index contributed by atoms with van der Waals surface area (Å²) in [4.78, 5) is 26.6. The number of rotatable bonds is 8. The first-order chi connectivity index (χ1) is 12.0. The van der Waals surface area contributed by atoms with Crippen molar-refractivity contribution in [1.29, 1.82) is 0 Å². The fourth-order valence-electron chi connectivity index (χ4n) is 2.13. The molecule has 0 aliphatic heterocycles. The van der Waals surface area contributed by atoms with Crippen LogP contribution in [-0.2, 0) is 6.42 Å². The molecule has 0 saturated heterocycles. The molecule has 132 valence electrons. The maximum atomic E-state index is 12.1. The van der Waals surface area contributed by atoms with E-state index in [0.29, 0.717) is 25.5 Å². The van der Waals surface area contributed by atoms with Crippen molar-refractivity contribution in [3.05, 3.63) is 59.4 Å². The highest BCUT2D eigenvalue weighted by Gasteiger charge is 2.10. The molecule has 6 heteroatoms. The van der Waals surface area contributed by atoms with E-state index in [4.69, 9.17) is 9.84 Å². The molecule has 1 heterocycles. The molecule has 2 N–H and O–H groups in total. The van der Waals surface area contributed by atoms with Crippen molar-refractivity contribution in [3.63, 3.8) is 0 Å². The monoisotopic (exact) mass is 342 g/mol. The highest BCUT2D eigenvalue weighted by atomic mass is 16.5. The van der Waals surface area contributed by atoms with Gasteiger partial charge in [0.05, 0.1) is 6.61 Å². The summed E-state index contributed by atoms with van der Waals surface area (Å²) in [6, 6.07) is 10.5. The van der Waals surface area contributed by atoms with Gasteiger partial charge in [0.1, 0.15) is 11.4 Å². The Balaban J connectivity index is 1.83. The van der Waals surface area contributed by atoms with Crippen LogP contribution >= 0.6 is 0 Å². The molecule has 0 atom stereocenters. The van der Waals surface area contributed by atoms with Gasteiger partial charge in [0, 0.05) is 18.3 Å². The third-order valence-electron chi connectivity index (χ3n) is 3.45. The first-order valence-corrected chi connectivity index (χ1v) is 8.15. The molecule has 6 nitrogen and oxygen atoms in total. The van der Waals surface area contributed by atoms with Crippen LogP contribution in [0.4, 0.5) is 0 Å². The quantitative estimate of drug-likeness (QED) is 0.770. The number of carboxylic acid groups (broad SMARTS) is 1. The Morgan fingerprint density at radius 2 is 1.92 bits per heavy atom. The van der Waals surface area contributed by atoms with Crippen LogP contribution in [0.5, 0.6) is 5.75 Å². The van der Waals surface area contributed by atoms with Gasteiger partial charge in [-0.15, -0.1) is 0 Å². The van der Waals surface area contributed by atoms with Crippen LogP contribution in [0, 0.1) is 5.92 Å². The third-order valence-corrected chi connectivity index (χ3v) is 3.45. The molecule has 0 spiro atoms. The summed E-state index contributed by atoms with van der Waals surface area (Å²) in [6.07, 6.45) is 1.99. The summed E-state index contributed by atoms with van der Waals surface area (Å²) in [5.41, 5.74) is 1.22. The molecule has 1 aromatic heterocycles. The Hall–Kier alpha value is -2.89. The standard InChI is InChI=1S/C19H22N2O4/c1-13(2)12-25-16-5-3-14(4-6-16)7-9-21-18(22)15-8-10-20-17(11-15)19(23)24/h3-6,8,10-11,13H,7,9,12H2,1-2H3,(H,21,22)(H,23,24). The highest BCUT2D eigenvalue weighted by Crippen LogP contribution is 2.13. The van der Waals surface area contributed by atoms with Crippen molar-refractivity contribution >= 4 is 11.9 Å². The summed E-state index contributed by atoms with van der Waals surface area (Å²) in [5, 5.41) is 11.7. The van der Waals surface area contributed by atoms with Crippen molar-refractivity contribution in [3.8, 4) is 5.75 Å². The zero-order valence-corrected chi connectivity index (χ0v) is 14.4. The molecule has 0 aliphatic carbocycles. The zero-order chi connectivity index (χ0) is 18.2. The van der Waals surface area contributed by atoms with Crippen LogP contribution in [0.3, 0.4) is 0 Å². The lowest BCUT2D eigenvalue weighted by Gasteiger charge is -2.09. The lowest BCUT2D eigenvalue weighted by molar-refractivity contribution is 0.0690. The minimum absolute atomic E-state index is 0.148. The normalized spacial score (nSPS) is 10.5. The SMILES string of the molecule is CC(C)COc1ccc(CCNC(=O)c2ccnc(C(=O)O)c2)cc1. The molecule has 0 unspecified atom stereocenters. The Morgan fingerprint density at radius 1 is 1.20 bits per heavy atom. The van der Waals surface area contributed by atoms with Gasteiger partial charge < -0.3 is 15.2 Å². The lowest BCUT2D eigenvalue weighted by atomic mass is 10.1. The van der Waals surface area contributed by atoms with Crippen LogP contribution in [-0.4, -0.2) is 35.1 Å². The van der Waals surface area contributed by atoms with Gasteiger partial charge in [-0.05, 0) is 42.2 Å². The fraction of sp³-hybridized carbons (Fsp3) is 0.316. The fourth-order valence-corrected chi connectivity index (χ4v) is 2.13. The molecule has 0 aliphatic rings. The molecule has 25 heavy (non-hydrogen) atoms. The smallest absolute Gasteiger partial charge is 0.354 e. The van der Waals surface area contributed by atoms with Crippen LogP contribution in [0.25, 0.3) is 0 Å². The molecule has 0 radical (unpaired) electrons. The van der Waals surface area contributed by atoms with E-state index in [2.05, 4.69) is 24.1 Å². The van der Waals surface area contributed by atoms with Crippen molar-refractivity contribution in [2.45, 2.75) is 20.3 Å². The first-order valence-electron chi connectivity index (χ1n) is 8.15. The summed E-state index contributed by atoms with van der Waals surface area (Å²) in [5.74, 6) is -0.166. The second-order valence-corrected chi connectivity index (χ2v) is 6.09. The van der Waals surface area contributed by atoms with E-state index in [1.54, 1.807) is 0 Å². The van der Waals surface area contributed by atoms with E-state index < -0.39 is 5.97 Å². The molecule has 1 amide bonds. The summed E-state index contributed by atoms with van der Waals surface area (Å²) in [7, 11) is 0. The van der Waals surface area contributed by atoms with Crippen molar-refractivity contribution < 1.29 is 19.4 Å².